The van der Waals surface area contributed by atoms with Crippen molar-refractivity contribution in [1.82, 2.24) is 10.1 Å². The Morgan fingerprint density at radius 2 is 1.89 bits per heavy atom. The number of anilines is 1. The van der Waals surface area contributed by atoms with Gasteiger partial charge in [-0.15, -0.1) is 0 Å². The molecule has 0 unspecified atom stereocenters. The van der Waals surface area contributed by atoms with E-state index in [0.717, 1.165) is 35.6 Å². The number of hydrogen-bond donors (Lipinski definition) is 0. The summed E-state index contributed by atoms with van der Waals surface area (Å²) in [6, 6.07) is 15.0. The zero-order chi connectivity index (χ0) is 19.5. The summed E-state index contributed by atoms with van der Waals surface area (Å²) < 4.78 is 5.46. The third kappa shape index (κ3) is 3.78. The third-order valence-corrected chi connectivity index (χ3v) is 4.84. The molecule has 3 heterocycles. The van der Waals surface area contributed by atoms with Gasteiger partial charge in [0.25, 0.3) is 0 Å². The number of rotatable bonds is 4. The van der Waals surface area contributed by atoms with Gasteiger partial charge in [0.05, 0.1) is 4.92 Å². The molecule has 1 aliphatic rings. The van der Waals surface area contributed by atoms with E-state index in [1.807, 2.05) is 54.3 Å². The molecule has 1 aliphatic heterocycles. The summed E-state index contributed by atoms with van der Waals surface area (Å²) in [4.78, 5) is 17.3. The molecule has 0 bridgehead atoms. The second-order valence-electron chi connectivity index (χ2n) is 6.82. The van der Waals surface area contributed by atoms with Gasteiger partial charge >= 0.3 is 5.69 Å². The van der Waals surface area contributed by atoms with E-state index in [9.17, 15) is 10.1 Å². The van der Waals surface area contributed by atoms with Crippen LogP contribution in [0.5, 0.6) is 0 Å². The normalized spacial score (nSPS) is 14.2. The molecule has 0 atom stereocenters. The zero-order valence-corrected chi connectivity index (χ0v) is 15.5. The average molecular weight is 376 g/mol. The summed E-state index contributed by atoms with van der Waals surface area (Å²) >= 11 is 0. The number of aromatic nitrogens is 2. The second-order valence-corrected chi connectivity index (χ2v) is 6.82. The molecule has 0 saturated carbocycles. The van der Waals surface area contributed by atoms with Crippen LogP contribution in [-0.2, 0) is 0 Å². The van der Waals surface area contributed by atoms with Crippen LogP contribution in [0.1, 0.15) is 24.3 Å². The Hall–Kier alpha value is -3.48. The minimum atomic E-state index is -0.368. The van der Waals surface area contributed by atoms with Crippen molar-refractivity contribution in [2.75, 3.05) is 18.0 Å². The van der Waals surface area contributed by atoms with Gasteiger partial charge in [-0.05, 0) is 31.9 Å². The largest absolute Gasteiger partial charge is 0.356 e. The summed E-state index contributed by atoms with van der Waals surface area (Å²) in [6.07, 6.45) is 3.62. The molecule has 28 heavy (non-hydrogen) atoms. The molecule has 1 aromatic carbocycles. The summed E-state index contributed by atoms with van der Waals surface area (Å²) in [6.45, 7) is 3.21. The van der Waals surface area contributed by atoms with Crippen LogP contribution < -0.4 is 4.90 Å². The molecule has 0 spiro atoms. The molecule has 7 heteroatoms. The molecule has 2 aromatic heterocycles. The highest BCUT2D eigenvalue weighted by Gasteiger charge is 2.24. The van der Waals surface area contributed by atoms with E-state index in [-0.39, 0.29) is 10.6 Å². The number of pyridine rings is 1. The van der Waals surface area contributed by atoms with Crippen molar-refractivity contribution in [3.8, 4) is 11.3 Å². The van der Waals surface area contributed by atoms with Crippen molar-refractivity contribution in [1.29, 1.82) is 0 Å². The molecule has 3 aromatic rings. The molecule has 4 rings (SSSR count). The highest BCUT2D eigenvalue weighted by molar-refractivity contribution is 5.63. The standard InChI is InChI=1S/C21H20N4O3/c1-15-7-8-20(25(26)27)21(22-15)24-11-9-16(10-12-24)13-18-14-19(23-28-18)17-5-3-2-4-6-17/h2-8,13-14H,9-12H2,1H3. The Morgan fingerprint density at radius 3 is 2.61 bits per heavy atom. The number of benzene rings is 1. The zero-order valence-electron chi connectivity index (χ0n) is 15.5. The fourth-order valence-electron chi connectivity index (χ4n) is 3.36. The summed E-state index contributed by atoms with van der Waals surface area (Å²) in [5, 5.41) is 15.4. The molecule has 0 aliphatic carbocycles. The minimum absolute atomic E-state index is 0.0563. The van der Waals surface area contributed by atoms with Crippen LogP contribution >= 0.6 is 0 Å². The molecular formula is C21H20N4O3. The molecular weight excluding hydrogens is 356 g/mol. The smallest absolute Gasteiger partial charge is 0.311 e. The third-order valence-electron chi connectivity index (χ3n) is 4.84. The van der Waals surface area contributed by atoms with Gasteiger partial charge in [0.15, 0.2) is 5.76 Å². The predicted molar refractivity (Wildman–Crippen MR) is 107 cm³/mol. The number of nitro groups is 1. The van der Waals surface area contributed by atoms with Crippen molar-refractivity contribution in [2.45, 2.75) is 19.8 Å². The van der Waals surface area contributed by atoms with Crippen LogP contribution in [0.4, 0.5) is 11.5 Å². The first-order valence-electron chi connectivity index (χ1n) is 9.19. The summed E-state index contributed by atoms with van der Waals surface area (Å²) in [5.41, 5.74) is 3.90. The topological polar surface area (TPSA) is 85.3 Å². The summed E-state index contributed by atoms with van der Waals surface area (Å²) in [7, 11) is 0. The van der Waals surface area contributed by atoms with Crippen molar-refractivity contribution in [3.63, 3.8) is 0 Å². The van der Waals surface area contributed by atoms with Gasteiger partial charge in [0.2, 0.25) is 5.82 Å². The van der Waals surface area contributed by atoms with Gasteiger partial charge in [-0.3, -0.25) is 10.1 Å². The number of nitrogens with zero attached hydrogens (tertiary/aromatic N) is 4. The van der Waals surface area contributed by atoms with E-state index in [1.54, 1.807) is 6.07 Å². The predicted octanol–water partition coefficient (Wildman–Crippen LogP) is 4.64. The van der Waals surface area contributed by atoms with E-state index >= 15 is 0 Å². The first-order valence-corrected chi connectivity index (χ1v) is 9.19. The van der Waals surface area contributed by atoms with Gasteiger partial charge in [-0.1, -0.05) is 41.1 Å². The molecule has 142 valence electrons. The van der Waals surface area contributed by atoms with E-state index in [4.69, 9.17) is 4.52 Å². The van der Waals surface area contributed by atoms with Gasteiger partial charge in [-0.25, -0.2) is 4.98 Å². The Bertz CT molecular complexity index is 1020. The van der Waals surface area contributed by atoms with Crippen molar-refractivity contribution >= 4 is 17.6 Å². The lowest BCUT2D eigenvalue weighted by atomic mass is 10.0. The van der Waals surface area contributed by atoms with Gasteiger partial charge in [-0.2, -0.15) is 0 Å². The maximum absolute atomic E-state index is 11.3. The maximum atomic E-state index is 11.3. The number of hydrogen-bond acceptors (Lipinski definition) is 6. The highest BCUT2D eigenvalue weighted by Crippen LogP contribution is 2.30. The van der Waals surface area contributed by atoms with Crippen molar-refractivity contribution < 1.29 is 9.45 Å². The monoisotopic (exact) mass is 376 g/mol. The van der Waals surface area contributed by atoms with Gasteiger partial charge < -0.3 is 9.42 Å². The second kappa shape index (κ2) is 7.64. The van der Waals surface area contributed by atoms with Crippen LogP contribution in [0.15, 0.2) is 58.6 Å². The Labute approximate surface area is 162 Å². The maximum Gasteiger partial charge on any atom is 0.311 e. The Kier molecular flexibility index (Phi) is 4.89. The Morgan fingerprint density at radius 1 is 1.14 bits per heavy atom. The van der Waals surface area contributed by atoms with Crippen LogP contribution in [0, 0.1) is 17.0 Å². The molecule has 0 radical (unpaired) electrons. The molecule has 0 N–H and O–H groups in total. The number of aryl methyl sites for hydroxylation is 1. The fraction of sp³-hybridized carbons (Fsp3) is 0.238. The minimum Gasteiger partial charge on any atom is -0.356 e. The summed E-state index contributed by atoms with van der Waals surface area (Å²) in [5.74, 6) is 1.18. The number of piperidine rings is 1. The van der Waals surface area contributed by atoms with Crippen LogP contribution in [-0.4, -0.2) is 28.2 Å². The lowest BCUT2D eigenvalue weighted by Crippen LogP contribution is -2.31. The molecule has 7 nitrogen and oxygen atoms in total. The lowest BCUT2D eigenvalue weighted by Gasteiger charge is -2.29. The van der Waals surface area contributed by atoms with Crippen LogP contribution in [0.2, 0.25) is 0 Å². The van der Waals surface area contributed by atoms with Crippen molar-refractivity contribution in [2.24, 2.45) is 0 Å². The first-order chi connectivity index (χ1) is 13.6. The van der Waals surface area contributed by atoms with Crippen molar-refractivity contribution in [3.05, 3.63) is 75.7 Å². The molecule has 1 saturated heterocycles. The van der Waals surface area contributed by atoms with Gasteiger partial charge in [0.1, 0.15) is 5.69 Å². The van der Waals surface area contributed by atoms with E-state index in [1.165, 1.54) is 11.6 Å². The fourth-order valence-corrected chi connectivity index (χ4v) is 3.36. The lowest BCUT2D eigenvalue weighted by molar-refractivity contribution is -0.384. The Balaban J connectivity index is 1.47. The van der Waals surface area contributed by atoms with Crippen LogP contribution in [0.3, 0.4) is 0 Å². The van der Waals surface area contributed by atoms with Crippen LogP contribution in [0.25, 0.3) is 17.3 Å². The van der Waals surface area contributed by atoms with E-state index in [2.05, 4.69) is 10.1 Å². The van der Waals surface area contributed by atoms with E-state index < -0.39 is 0 Å². The van der Waals surface area contributed by atoms with E-state index in [0.29, 0.717) is 18.9 Å². The highest BCUT2D eigenvalue weighted by atomic mass is 16.6. The van der Waals surface area contributed by atoms with Gasteiger partial charge in [0, 0.05) is 36.5 Å². The quantitative estimate of drug-likeness (QED) is 0.487. The molecule has 0 amide bonds. The average Bonchev–Trinajstić information content (AvgIpc) is 3.17. The molecule has 1 fully saturated rings. The SMILES string of the molecule is Cc1ccc([N+](=O)[O-])c(N2CCC(=Cc3cc(-c4ccccc4)no3)CC2)n1. The first kappa shape index (κ1) is 17.9.